The van der Waals surface area contributed by atoms with Gasteiger partial charge in [-0.2, -0.15) is 11.8 Å². The molecule has 1 aromatic carbocycles. The Morgan fingerprint density at radius 2 is 1.81 bits per heavy atom. The summed E-state index contributed by atoms with van der Waals surface area (Å²) >= 11 is 1.82. The molecule has 0 bridgehead atoms. The lowest BCUT2D eigenvalue weighted by molar-refractivity contribution is 0.575. The maximum Gasteiger partial charge on any atom is 0.241 e. The molecule has 21 heavy (non-hydrogen) atoms. The molecule has 0 aliphatic rings. The normalized spacial score (nSPS) is 11.8. The summed E-state index contributed by atoms with van der Waals surface area (Å²) in [5.41, 5.74) is 8.74. The molecule has 0 saturated heterocycles. The van der Waals surface area contributed by atoms with E-state index in [9.17, 15) is 8.42 Å². The Morgan fingerprint density at radius 3 is 2.43 bits per heavy atom. The molecule has 3 N–H and O–H groups in total. The van der Waals surface area contributed by atoms with E-state index in [0.717, 1.165) is 36.1 Å². The molecule has 0 aromatic heterocycles. The monoisotopic (exact) mass is 330 g/mol. The second-order valence-electron chi connectivity index (χ2n) is 5.31. The van der Waals surface area contributed by atoms with Crippen LogP contribution in [0.4, 0.5) is 5.69 Å². The van der Waals surface area contributed by atoms with Crippen molar-refractivity contribution in [2.75, 3.05) is 24.3 Å². The standard InChI is InChI=1S/C15H26N2O2S2/c1-11-10-14(16)13(3)15(12(11)2)21(18,19)17-8-6-5-7-9-20-4/h10,17H,5-9,16H2,1-4H3. The third kappa shape index (κ3) is 4.90. The van der Waals surface area contributed by atoms with E-state index < -0.39 is 10.0 Å². The highest BCUT2D eigenvalue weighted by atomic mass is 32.2. The van der Waals surface area contributed by atoms with Gasteiger partial charge in [-0.1, -0.05) is 6.42 Å². The molecule has 0 fully saturated rings. The van der Waals surface area contributed by atoms with E-state index in [1.165, 1.54) is 0 Å². The molecule has 1 rings (SSSR count). The van der Waals surface area contributed by atoms with Crippen LogP contribution in [-0.4, -0.2) is 27.0 Å². The van der Waals surface area contributed by atoms with Crippen LogP contribution in [0.5, 0.6) is 0 Å². The number of anilines is 1. The lowest BCUT2D eigenvalue weighted by Crippen LogP contribution is -2.26. The molecule has 4 nitrogen and oxygen atoms in total. The fourth-order valence-corrected chi connectivity index (χ4v) is 4.41. The van der Waals surface area contributed by atoms with Gasteiger partial charge in [0.1, 0.15) is 0 Å². The van der Waals surface area contributed by atoms with E-state index in [1.807, 2.05) is 31.7 Å². The second-order valence-corrected chi connectivity index (χ2v) is 8.00. The highest BCUT2D eigenvalue weighted by Gasteiger charge is 2.21. The van der Waals surface area contributed by atoms with Crippen molar-refractivity contribution in [3.8, 4) is 0 Å². The van der Waals surface area contributed by atoms with Crippen molar-refractivity contribution in [1.82, 2.24) is 4.72 Å². The molecule has 0 aliphatic heterocycles. The highest BCUT2D eigenvalue weighted by molar-refractivity contribution is 7.98. The maximum absolute atomic E-state index is 12.5. The van der Waals surface area contributed by atoms with Gasteiger partial charge in [0.2, 0.25) is 10.0 Å². The smallest absolute Gasteiger partial charge is 0.241 e. The summed E-state index contributed by atoms with van der Waals surface area (Å²) in [5, 5.41) is 0. The predicted molar refractivity (Wildman–Crippen MR) is 92.5 cm³/mol. The third-order valence-electron chi connectivity index (χ3n) is 3.66. The van der Waals surface area contributed by atoms with E-state index in [-0.39, 0.29) is 0 Å². The van der Waals surface area contributed by atoms with Gasteiger partial charge in [0.25, 0.3) is 0 Å². The van der Waals surface area contributed by atoms with Gasteiger partial charge in [0, 0.05) is 12.2 Å². The number of hydrogen-bond acceptors (Lipinski definition) is 4. The number of unbranched alkanes of at least 4 members (excludes halogenated alkanes) is 2. The first-order valence-corrected chi connectivity index (χ1v) is 10.0. The number of nitrogens with two attached hydrogens (primary N) is 1. The van der Waals surface area contributed by atoms with Crippen LogP contribution in [0.15, 0.2) is 11.0 Å². The molecule has 0 amide bonds. The summed E-state index contributed by atoms with van der Waals surface area (Å²) in [4.78, 5) is 0.337. The van der Waals surface area contributed by atoms with Gasteiger partial charge >= 0.3 is 0 Å². The summed E-state index contributed by atoms with van der Waals surface area (Å²) in [7, 11) is -3.49. The number of nitrogen functional groups attached to an aromatic ring is 1. The van der Waals surface area contributed by atoms with Crippen LogP contribution >= 0.6 is 11.8 Å². The van der Waals surface area contributed by atoms with Gasteiger partial charge < -0.3 is 5.73 Å². The zero-order valence-electron chi connectivity index (χ0n) is 13.3. The third-order valence-corrected chi connectivity index (χ3v) is 6.09. The minimum Gasteiger partial charge on any atom is -0.398 e. The number of rotatable bonds is 8. The van der Waals surface area contributed by atoms with Crippen molar-refractivity contribution in [2.45, 2.75) is 44.9 Å². The quantitative estimate of drug-likeness (QED) is 0.568. The topological polar surface area (TPSA) is 72.2 Å². The second kappa shape index (κ2) is 8.06. The maximum atomic E-state index is 12.5. The Labute approximate surface area is 132 Å². The van der Waals surface area contributed by atoms with Crippen molar-refractivity contribution in [3.05, 3.63) is 22.8 Å². The summed E-state index contributed by atoms with van der Waals surface area (Å²) in [6, 6.07) is 1.83. The van der Waals surface area contributed by atoms with Crippen LogP contribution in [0.1, 0.15) is 36.0 Å². The molecule has 0 heterocycles. The van der Waals surface area contributed by atoms with Gasteiger partial charge in [0.05, 0.1) is 4.90 Å². The first-order valence-electron chi connectivity index (χ1n) is 7.16. The summed E-state index contributed by atoms with van der Waals surface area (Å²) in [6.45, 7) is 5.94. The Kier molecular flexibility index (Phi) is 7.03. The number of hydrogen-bond donors (Lipinski definition) is 2. The van der Waals surface area contributed by atoms with E-state index >= 15 is 0 Å². The average Bonchev–Trinajstić information content (AvgIpc) is 2.40. The van der Waals surface area contributed by atoms with Crippen molar-refractivity contribution in [2.24, 2.45) is 0 Å². The van der Waals surface area contributed by atoms with Crippen LogP contribution in [0.2, 0.25) is 0 Å². The largest absolute Gasteiger partial charge is 0.398 e. The van der Waals surface area contributed by atoms with Crippen LogP contribution in [0.25, 0.3) is 0 Å². The summed E-state index contributed by atoms with van der Waals surface area (Å²) < 4.78 is 27.7. The zero-order chi connectivity index (χ0) is 16.0. The van der Waals surface area contributed by atoms with Crippen LogP contribution < -0.4 is 10.5 Å². The number of benzene rings is 1. The summed E-state index contributed by atoms with van der Waals surface area (Å²) in [5.74, 6) is 1.12. The van der Waals surface area contributed by atoms with Crippen LogP contribution in [0, 0.1) is 20.8 Å². The lowest BCUT2D eigenvalue weighted by atomic mass is 10.1. The summed E-state index contributed by atoms with van der Waals surface area (Å²) in [6.07, 6.45) is 5.10. The molecule has 0 spiro atoms. The van der Waals surface area contributed by atoms with Crippen molar-refractivity contribution in [3.63, 3.8) is 0 Å². The molecule has 6 heteroatoms. The van der Waals surface area contributed by atoms with E-state index in [2.05, 4.69) is 11.0 Å². The van der Waals surface area contributed by atoms with Gasteiger partial charge in [-0.25, -0.2) is 13.1 Å². The average molecular weight is 331 g/mol. The Hall–Kier alpha value is -0.720. The predicted octanol–water partition coefficient (Wildman–Crippen LogP) is 3.01. The molecule has 0 unspecified atom stereocenters. The van der Waals surface area contributed by atoms with Crippen molar-refractivity contribution in [1.29, 1.82) is 0 Å². The number of aryl methyl sites for hydroxylation is 1. The van der Waals surface area contributed by atoms with E-state index in [4.69, 9.17) is 5.73 Å². The van der Waals surface area contributed by atoms with E-state index in [0.29, 0.717) is 22.7 Å². The molecule has 0 aliphatic carbocycles. The molecular formula is C15H26N2O2S2. The minimum absolute atomic E-state index is 0.337. The minimum atomic E-state index is -3.49. The molecule has 0 radical (unpaired) electrons. The lowest BCUT2D eigenvalue weighted by Gasteiger charge is -2.16. The molecule has 0 atom stereocenters. The highest BCUT2D eigenvalue weighted by Crippen LogP contribution is 2.27. The molecule has 0 saturated carbocycles. The fraction of sp³-hybridized carbons (Fsp3) is 0.600. The molecular weight excluding hydrogens is 304 g/mol. The number of nitrogens with one attached hydrogen (secondary N) is 1. The molecule has 1 aromatic rings. The van der Waals surface area contributed by atoms with E-state index in [1.54, 1.807) is 6.92 Å². The fourth-order valence-electron chi connectivity index (χ4n) is 2.27. The number of sulfonamides is 1. The Morgan fingerprint density at radius 1 is 1.14 bits per heavy atom. The first kappa shape index (κ1) is 18.3. The van der Waals surface area contributed by atoms with Crippen LogP contribution in [-0.2, 0) is 10.0 Å². The number of thioether (sulfide) groups is 1. The van der Waals surface area contributed by atoms with Crippen molar-refractivity contribution >= 4 is 27.5 Å². The van der Waals surface area contributed by atoms with Gasteiger partial charge in [-0.3, -0.25) is 0 Å². The van der Waals surface area contributed by atoms with Gasteiger partial charge in [-0.05, 0) is 68.4 Å². The SMILES string of the molecule is CSCCCCCNS(=O)(=O)c1c(C)c(C)cc(N)c1C. The molecule has 120 valence electrons. The Bertz CT molecular complexity index is 558. The van der Waals surface area contributed by atoms with Crippen molar-refractivity contribution < 1.29 is 8.42 Å². The zero-order valence-corrected chi connectivity index (χ0v) is 15.0. The van der Waals surface area contributed by atoms with Gasteiger partial charge in [0.15, 0.2) is 0 Å². The van der Waals surface area contributed by atoms with Crippen LogP contribution in [0.3, 0.4) is 0 Å². The Balaban J connectivity index is 2.80. The first-order chi connectivity index (χ1) is 9.81. The van der Waals surface area contributed by atoms with Gasteiger partial charge in [-0.15, -0.1) is 0 Å².